The van der Waals surface area contributed by atoms with E-state index in [4.69, 9.17) is 9.84 Å². The number of fused-ring (bicyclic) bond motifs is 2. The van der Waals surface area contributed by atoms with Crippen molar-refractivity contribution < 1.29 is 54.5 Å². The number of carboxylic acid groups (broad SMARTS) is 1. The van der Waals surface area contributed by atoms with E-state index in [0.717, 1.165) is 11.1 Å². The number of H-pyrrole nitrogens is 2. The number of esters is 1. The second kappa shape index (κ2) is 12.3. The molecule has 0 unspecified atom stereocenters. The van der Waals surface area contributed by atoms with Crippen LogP contribution in [0.25, 0.3) is 21.8 Å². The first-order chi connectivity index (χ1) is 15.2. The molecule has 4 rings (SSSR count). The van der Waals surface area contributed by atoms with E-state index in [1.807, 2.05) is 32.0 Å². The van der Waals surface area contributed by atoms with E-state index in [-0.39, 0.29) is 58.2 Å². The minimum absolute atomic E-state index is 0. The zero-order valence-electron chi connectivity index (χ0n) is 19.3. The van der Waals surface area contributed by atoms with Gasteiger partial charge in [0, 0.05) is 34.2 Å². The maximum Gasteiger partial charge on any atom is 1.00 e. The maximum absolute atomic E-state index is 12.1. The van der Waals surface area contributed by atoms with Gasteiger partial charge in [-0.1, -0.05) is 23.3 Å². The van der Waals surface area contributed by atoms with Gasteiger partial charge in [-0.2, -0.15) is 0 Å². The van der Waals surface area contributed by atoms with E-state index in [1.54, 1.807) is 25.1 Å². The van der Waals surface area contributed by atoms with Crippen molar-refractivity contribution in [1.82, 2.24) is 9.97 Å². The van der Waals surface area contributed by atoms with Gasteiger partial charge in [0.1, 0.15) is 11.1 Å². The van der Waals surface area contributed by atoms with Gasteiger partial charge >= 0.3 is 41.5 Å². The fourth-order valence-electron chi connectivity index (χ4n) is 3.18. The van der Waals surface area contributed by atoms with Gasteiger partial charge in [0.15, 0.2) is 0 Å². The predicted octanol–water partition coefficient (Wildman–Crippen LogP) is 0.375. The van der Waals surface area contributed by atoms with Gasteiger partial charge in [-0.25, -0.2) is 9.59 Å². The second-order valence-corrected chi connectivity index (χ2v) is 7.19. The Morgan fingerprint density at radius 2 is 1.29 bits per heavy atom. The van der Waals surface area contributed by atoms with E-state index >= 15 is 0 Å². The number of aryl methyl sites for hydroxylation is 2. The molecule has 0 saturated carbocycles. The van der Waals surface area contributed by atoms with E-state index in [0.29, 0.717) is 21.8 Å². The number of hydrogen-bond acceptors (Lipinski definition) is 6. The van der Waals surface area contributed by atoms with Gasteiger partial charge in [-0.15, -0.1) is 0 Å². The molecule has 0 amide bonds. The second-order valence-electron chi connectivity index (χ2n) is 7.19. The minimum atomic E-state index is -1.21. The van der Waals surface area contributed by atoms with Crippen molar-refractivity contribution in [3.05, 3.63) is 91.5 Å². The van der Waals surface area contributed by atoms with E-state index in [1.165, 1.54) is 12.4 Å². The molecule has 0 fully saturated rings. The summed E-state index contributed by atoms with van der Waals surface area (Å²) in [5.74, 6) is -1.79. The normalized spacial score (nSPS) is 9.85. The monoisotopic (exact) mass is 474 g/mol. The molecule has 0 aliphatic heterocycles. The number of pyridine rings is 2. The van der Waals surface area contributed by atoms with Crippen LogP contribution >= 0.6 is 0 Å². The number of carbonyl (C=O) groups excluding carboxylic acids is 1. The quantitative estimate of drug-likeness (QED) is 0.286. The summed E-state index contributed by atoms with van der Waals surface area (Å²) in [6.07, 6.45) is 2.63. The Morgan fingerprint density at radius 3 is 1.74 bits per heavy atom. The van der Waals surface area contributed by atoms with Crippen LogP contribution in [-0.4, -0.2) is 39.1 Å². The van der Waals surface area contributed by atoms with Gasteiger partial charge in [0.25, 0.3) is 0 Å². The Hall–Kier alpha value is -3.24. The fraction of sp³-hybridized carbons (Fsp3) is 0.167. The summed E-state index contributed by atoms with van der Waals surface area (Å²) in [4.78, 5) is 51.8. The topological polar surface area (TPSA) is 159 Å². The Bertz CT molecular complexity index is 1460. The number of rotatable bonds is 3. The third-order valence-electron chi connectivity index (χ3n) is 4.80. The summed E-state index contributed by atoms with van der Waals surface area (Å²) in [5, 5.41) is 9.70. The molecule has 4 aromatic rings. The molecule has 0 atom stereocenters. The molecular weight excluding hydrogens is 451 g/mol. The number of hydrogen-bond donors (Lipinski definition) is 3. The molecule has 9 nitrogen and oxygen atoms in total. The van der Waals surface area contributed by atoms with E-state index < -0.39 is 17.4 Å². The summed E-state index contributed by atoms with van der Waals surface area (Å²) in [6.45, 7) is 5.71. The molecule has 2 heterocycles. The van der Waals surface area contributed by atoms with Crippen LogP contribution in [0, 0.1) is 13.8 Å². The summed E-state index contributed by atoms with van der Waals surface area (Å²) in [5.41, 5.74) is 2.35. The number of carboxylic acids is 1. The number of aromatic amines is 2. The molecule has 0 aliphatic rings. The van der Waals surface area contributed by atoms with Crippen molar-refractivity contribution in [3.8, 4) is 0 Å². The minimum Gasteiger partial charge on any atom is -0.870 e. The van der Waals surface area contributed by atoms with Crippen LogP contribution in [0.2, 0.25) is 0 Å². The predicted molar refractivity (Wildman–Crippen MR) is 123 cm³/mol. The molecule has 0 aliphatic carbocycles. The van der Waals surface area contributed by atoms with Crippen LogP contribution in [0.4, 0.5) is 0 Å². The molecule has 0 radical (unpaired) electrons. The first kappa shape index (κ1) is 28.8. The zero-order valence-corrected chi connectivity index (χ0v) is 21.3. The largest absolute Gasteiger partial charge is 1.00 e. The summed E-state index contributed by atoms with van der Waals surface area (Å²) >= 11 is 0. The van der Waals surface area contributed by atoms with Gasteiger partial charge < -0.3 is 25.3 Å². The Balaban J connectivity index is 0.000000323. The van der Waals surface area contributed by atoms with Crippen molar-refractivity contribution in [2.24, 2.45) is 0 Å². The zero-order chi connectivity index (χ0) is 23.4. The molecule has 2 aromatic carbocycles. The van der Waals surface area contributed by atoms with Crippen molar-refractivity contribution in [3.63, 3.8) is 0 Å². The fourth-order valence-corrected chi connectivity index (χ4v) is 3.18. The van der Waals surface area contributed by atoms with Crippen LogP contribution < -0.4 is 40.4 Å². The molecule has 34 heavy (non-hydrogen) atoms. The molecule has 0 spiro atoms. The van der Waals surface area contributed by atoms with Crippen molar-refractivity contribution in [2.45, 2.75) is 20.8 Å². The van der Waals surface area contributed by atoms with Crippen LogP contribution in [0.1, 0.15) is 38.8 Å². The average Bonchev–Trinajstić information content (AvgIpc) is 2.75. The first-order valence-electron chi connectivity index (χ1n) is 9.87. The standard InChI is InChI=1S/C13H13NO3.C11H9NO3.Na.H2O/c1-3-17-13(16)10-7-14-11-5-4-8(2)6-9(11)12(10)15;1-6-2-3-9-7(4-6)10(13)8(5-12-9)11(14)15;;/h4-7H,3H2,1-2H3,(H,14,15);2-5H,1H3,(H,12,13)(H,14,15);;1H2/q;;+1;/p-1. The molecule has 172 valence electrons. The number of carbonyl (C=O) groups is 2. The van der Waals surface area contributed by atoms with Gasteiger partial charge in [0.2, 0.25) is 10.9 Å². The smallest absolute Gasteiger partial charge is 0.870 e. The molecule has 4 N–H and O–H groups in total. The summed E-state index contributed by atoms with van der Waals surface area (Å²) in [7, 11) is 0. The Morgan fingerprint density at radius 1 is 0.853 bits per heavy atom. The molecule has 2 aromatic heterocycles. The Labute approximate surface area is 216 Å². The SMILES string of the molecule is CCOC(=O)c1c[nH]c2ccc(C)cc2c1=O.Cc1ccc2[nH]cc(C(=O)O)c(=O)c2c1.[Na+].[OH-]. The number of benzene rings is 2. The third-order valence-corrected chi connectivity index (χ3v) is 4.80. The van der Waals surface area contributed by atoms with Gasteiger partial charge in [0.05, 0.1) is 6.61 Å². The molecule has 0 saturated heterocycles. The number of nitrogens with one attached hydrogen (secondary N) is 2. The summed E-state index contributed by atoms with van der Waals surface area (Å²) < 4.78 is 4.83. The number of aromatic carboxylic acids is 1. The first-order valence-corrected chi connectivity index (χ1v) is 9.87. The summed E-state index contributed by atoms with van der Waals surface area (Å²) in [6, 6.07) is 10.8. The molecule has 10 heteroatoms. The van der Waals surface area contributed by atoms with E-state index in [2.05, 4.69) is 9.97 Å². The number of ether oxygens (including phenoxy) is 1. The van der Waals surface area contributed by atoms with Crippen molar-refractivity contribution in [1.29, 1.82) is 0 Å². The van der Waals surface area contributed by atoms with Gasteiger partial charge in [-0.3, -0.25) is 9.59 Å². The molecular formula is C24H23N2NaO7. The maximum atomic E-state index is 12.1. The van der Waals surface area contributed by atoms with Gasteiger partial charge in [-0.05, 0) is 45.0 Å². The average molecular weight is 474 g/mol. The van der Waals surface area contributed by atoms with Crippen molar-refractivity contribution >= 4 is 33.7 Å². The van der Waals surface area contributed by atoms with Crippen LogP contribution in [0.15, 0.2) is 58.4 Å². The third kappa shape index (κ3) is 6.21. The van der Waals surface area contributed by atoms with Crippen LogP contribution in [-0.2, 0) is 4.74 Å². The van der Waals surface area contributed by atoms with E-state index in [9.17, 15) is 19.2 Å². The Kier molecular flexibility index (Phi) is 10.4. The van der Waals surface area contributed by atoms with Crippen LogP contribution in [0.5, 0.6) is 0 Å². The number of aromatic nitrogens is 2. The molecule has 0 bridgehead atoms. The van der Waals surface area contributed by atoms with Crippen LogP contribution in [0.3, 0.4) is 0 Å². The van der Waals surface area contributed by atoms with Crippen molar-refractivity contribution in [2.75, 3.05) is 6.61 Å².